The number of amides is 2. The number of carbonyl (C=O) groups excluding carboxylic acids is 2. The van der Waals surface area contributed by atoms with Crippen molar-refractivity contribution in [2.24, 2.45) is 5.73 Å². The fraction of sp³-hybridized carbons (Fsp3) is 0.235. The molecule has 0 unspecified atom stereocenters. The second kappa shape index (κ2) is 6.88. The van der Waals surface area contributed by atoms with E-state index in [4.69, 9.17) is 17.3 Å². The van der Waals surface area contributed by atoms with Crippen LogP contribution in [0.25, 0.3) is 0 Å². The molecule has 3 rings (SSSR count). The summed E-state index contributed by atoms with van der Waals surface area (Å²) >= 11 is 5.85. The van der Waals surface area contributed by atoms with Gasteiger partial charge in [0, 0.05) is 43.0 Å². The molecular formula is C17H17ClN4O2. The number of hydrogen-bond donors (Lipinski definition) is 1. The second-order valence-electron chi connectivity index (χ2n) is 5.52. The average molecular weight is 345 g/mol. The standard InChI is InChI=1S/C17H17ClN4O2/c18-13-5-3-12(4-6-13)17(24)22-10-8-21(9-11-22)16-14(15(19)23)2-1-7-20-16/h1-7H,8-11H2,(H2,19,23). The number of nitrogens with zero attached hydrogens (tertiary/aromatic N) is 3. The van der Waals surface area contributed by atoms with E-state index in [0.717, 1.165) is 0 Å². The van der Waals surface area contributed by atoms with Gasteiger partial charge < -0.3 is 15.5 Å². The zero-order valence-corrected chi connectivity index (χ0v) is 13.7. The Labute approximate surface area is 144 Å². The maximum atomic E-state index is 12.5. The van der Waals surface area contributed by atoms with Gasteiger partial charge in [-0.05, 0) is 36.4 Å². The third-order valence-electron chi connectivity index (χ3n) is 4.01. The van der Waals surface area contributed by atoms with Crippen LogP contribution in [0.4, 0.5) is 5.82 Å². The number of piperazine rings is 1. The van der Waals surface area contributed by atoms with Crippen molar-refractivity contribution in [1.82, 2.24) is 9.88 Å². The molecule has 1 aliphatic heterocycles. The lowest BCUT2D eigenvalue weighted by Crippen LogP contribution is -2.49. The summed E-state index contributed by atoms with van der Waals surface area (Å²) in [5.41, 5.74) is 6.42. The largest absolute Gasteiger partial charge is 0.365 e. The van der Waals surface area contributed by atoms with Crippen LogP contribution in [0.1, 0.15) is 20.7 Å². The van der Waals surface area contributed by atoms with Crippen LogP contribution < -0.4 is 10.6 Å². The molecular weight excluding hydrogens is 328 g/mol. The van der Waals surface area contributed by atoms with Crippen LogP contribution in [-0.4, -0.2) is 47.9 Å². The van der Waals surface area contributed by atoms with Crippen molar-refractivity contribution in [2.45, 2.75) is 0 Å². The molecule has 2 N–H and O–H groups in total. The lowest BCUT2D eigenvalue weighted by Gasteiger charge is -2.36. The van der Waals surface area contributed by atoms with E-state index < -0.39 is 5.91 Å². The summed E-state index contributed by atoms with van der Waals surface area (Å²) in [7, 11) is 0. The van der Waals surface area contributed by atoms with E-state index in [1.807, 2.05) is 4.90 Å². The van der Waals surface area contributed by atoms with Gasteiger partial charge in [0.05, 0.1) is 5.56 Å². The van der Waals surface area contributed by atoms with Crippen LogP contribution in [0.15, 0.2) is 42.6 Å². The number of benzene rings is 1. The van der Waals surface area contributed by atoms with E-state index in [0.29, 0.717) is 48.1 Å². The van der Waals surface area contributed by atoms with Gasteiger partial charge in [-0.15, -0.1) is 0 Å². The van der Waals surface area contributed by atoms with E-state index in [9.17, 15) is 9.59 Å². The lowest BCUT2D eigenvalue weighted by atomic mass is 10.1. The molecule has 1 saturated heterocycles. The quantitative estimate of drug-likeness (QED) is 0.920. The smallest absolute Gasteiger partial charge is 0.253 e. The Hall–Kier alpha value is -2.60. The number of rotatable bonds is 3. The molecule has 0 aliphatic carbocycles. The van der Waals surface area contributed by atoms with Crippen molar-refractivity contribution in [2.75, 3.05) is 31.1 Å². The Balaban J connectivity index is 1.69. The molecule has 7 heteroatoms. The van der Waals surface area contributed by atoms with Crippen molar-refractivity contribution in [3.63, 3.8) is 0 Å². The topological polar surface area (TPSA) is 79.5 Å². The molecule has 1 fully saturated rings. The van der Waals surface area contributed by atoms with E-state index in [2.05, 4.69) is 4.98 Å². The summed E-state index contributed by atoms with van der Waals surface area (Å²) in [6.07, 6.45) is 1.63. The summed E-state index contributed by atoms with van der Waals surface area (Å²) in [5.74, 6) is 0.0452. The van der Waals surface area contributed by atoms with Crippen molar-refractivity contribution < 1.29 is 9.59 Å². The fourth-order valence-electron chi connectivity index (χ4n) is 2.74. The summed E-state index contributed by atoms with van der Waals surface area (Å²) in [4.78, 5) is 32.1. The van der Waals surface area contributed by atoms with Crippen LogP contribution in [-0.2, 0) is 0 Å². The van der Waals surface area contributed by atoms with E-state index >= 15 is 0 Å². The minimum Gasteiger partial charge on any atom is -0.365 e. The van der Waals surface area contributed by atoms with Crippen LogP contribution in [0.3, 0.4) is 0 Å². The molecule has 0 spiro atoms. The molecule has 2 amide bonds. The van der Waals surface area contributed by atoms with Crippen LogP contribution in [0.2, 0.25) is 5.02 Å². The molecule has 6 nitrogen and oxygen atoms in total. The number of nitrogens with two attached hydrogens (primary N) is 1. The van der Waals surface area contributed by atoms with Gasteiger partial charge in [0.2, 0.25) is 0 Å². The Kier molecular flexibility index (Phi) is 4.66. The van der Waals surface area contributed by atoms with Gasteiger partial charge in [0.15, 0.2) is 0 Å². The number of aromatic nitrogens is 1. The molecule has 2 heterocycles. The number of hydrogen-bond acceptors (Lipinski definition) is 4. The molecule has 124 valence electrons. The Morgan fingerprint density at radius 1 is 1.04 bits per heavy atom. The monoisotopic (exact) mass is 344 g/mol. The van der Waals surface area contributed by atoms with Crippen molar-refractivity contribution in [1.29, 1.82) is 0 Å². The Bertz CT molecular complexity index is 755. The van der Waals surface area contributed by atoms with Gasteiger partial charge in [-0.1, -0.05) is 11.6 Å². The Morgan fingerprint density at radius 2 is 1.71 bits per heavy atom. The number of anilines is 1. The summed E-state index contributed by atoms with van der Waals surface area (Å²) in [5, 5.41) is 0.602. The number of carbonyl (C=O) groups is 2. The number of primary amides is 1. The molecule has 0 saturated carbocycles. The lowest BCUT2D eigenvalue weighted by molar-refractivity contribution is 0.0746. The maximum absolute atomic E-state index is 12.5. The first-order valence-electron chi connectivity index (χ1n) is 7.61. The zero-order chi connectivity index (χ0) is 17.1. The summed E-state index contributed by atoms with van der Waals surface area (Å²) in [6.45, 7) is 2.29. The van der Waals surface area contributed by atoms with Crippen LogP contribution >= 0.6 is 11.6 Å². The highest BCUT2D eigenvalue weighted by Gasteiger charge is 2.24. The predicted molar refractivity (Wildman–Crippen MR) is 92.3 cm³/mol. The first kappa shape index (κ1) is 16.3. The van der Waals surface area contributed by atoms with E-state index in [1.54, 1.807) is 47.5 Å². The normalized spacial score (nSPS) is 14.5. The highest BCUT2D eigenvalue weighted by Crippen LogP contribution is 2.19. The summed E-state index contributed by atoms with van der Waals surface area (Å²) < 4.78 is 0. The van der Waals surface area contributed by atoms with Crippen molar-refractivity contribution in [3.05, 3.63) is 58.7 Å². The highest BCUT2D eigenvalue weighted by atomic mass is 35.5. The van der Waals surface area contributed by atoms with E-state index in [1.165, 1.54) is 0 Å². The van der Waals surface area contributed by atoms with Gasteiger partial charge in [0.1, 0.15) is 5.82 Å². The minimum absolute atomic E-state index is 0.0255. The van der Waals surface area contributed by atoms with Gasteiger partial charge in [-0.3, -0.25) is 9.59 Å². The van der Waals surface area contributed by atoms with Crippen molar-refractivity contribution >= 4 is 29.2 Å². The first-order chi connectivity index (χ1) is 11.6. The molecule has 2 aromatic rings. The van der Waals surface area contributed by atoms with Crippen LogP contribution in [0.5, 0.6) is 0 Å². The fourth-order valence-corrected chi connectivity index (χ4v) is 2.86. The second-order valence-corrected chi connectivity index (χ2v) is 5.96. The first-order valence-corrected chi connectivity index (χ1v) is 7.98. The third kappa shape index (κ3) is 3.33. The van der Waals surface area contributed by atoms with E-state index in [-0.39, 0.29) is 5.91 Å². The number of halogens is 1. The van der Waals surface area contributed by atoms with Crippen molar-refractivity contribution in [3.8, 4) is 0 Å². The zero-order valence-electron chi connectivity index (χ0n) is 13.0. The van der Waals surface area contributed by atoms with Gasteiger partial charge >= 0.3 is 0 Å². The average Bonchev–Trinajstić information content (AvgIpc) is 2.62. The maximum Gasteiger partial charge on any atom is 0.253 e. The predicted octanol–water partition coefficient (Wildman–Crippen LogP) is 1.80. The highest BCUT2D eigenvalue weighted by molar-refractivity contribution is 6.30. The molecule has 24 heavy (non-hydrogen) atoms. The summed E-state index contributed by atoms with van der Waals surface area (Å²) in [6, 6.07) is 10.2. The molecule has 0 atom stereocenters. The Morgan fingerprint density at radius 3 is 2.33 bits per heavy atom. The van der Waals surface area contributed by atoms with Gasteiger partial charge in [-0.25, -0.2) is 4.98 Å². The SMILES string of the molecule is NC(=O)c1cccnc1N1CCN(C(=O)c2ccc(Cl)cc2)CC1. The molecule has 0 bridgehead atoms. The molecule has 1 aromatic carbocycles. The third-order valence-corrected chi connectivity index (χ3v) is 4.26. The van der Waals surface area contributed by atoms with Gasteiger partial charge in [0.25, 0.3) is 11.8 Å². The van der Waals surface area contributed by atoms with Crippen LogP contribution in [0, 0.1) is 0 Å². The molecule has 1 aromatic heterocycles. The van der Waals surface area contributed by atoms with Gasteiger partial charge in [-0.2, -0.15) is 0 Å². The number of pyridine rings is 1. The minimum atomic E-state index is -0.502. The molecule has 0 radical (unpaired) electrons. The molecule has 1 aliphatic rings.